The summed E-state index contributed by atoms with van der Waals surface area (Å²) in [6.45, 7) is 5.20. The molecule has 0 aliphatic carbocycles. The lowest BCUT2D eigenvalue weighted by molar-refractivity contribution is 0.0927. The van der Waals surface area contributed by atoms with Crippen LogP contribution >= 0.6 is 0 Å². The molecule has 28 heavy (non-hydrogen) atoms. The average Bonchev–Trinajstić information content (AvgIpc) is 3.41. The van der Waals surface area contributed by atoms with Crippen LogP contribution < -0.4 is 5.32 Å². The van der Waals surface area contributed by atoms with Crippen molar-refractivity contribution >= 4 is 5.91 Å². The van der Waals surface area contributed by atoms with Crippen LogP contribution in [0.25, 0.3) is 5.69 Å². The summed E-state index contributed by atoms with van der Waals surface area (Å²) in [5, 5.41) is 7.40. The molecule has 2 aromatic carbocycles. The molecular formula is C23H26N4O. The number of likely N-dealkylation sites (tertiary alicyclic amines) is 1. The van der Waals surface area contributed by atoms with E-state index in [-0.39, 0.29) is 11.9 Å². The summed E-state index contributed by atoms with van der Waals surface area (Å²) in [5.41, 5.74) is 2.97. The Labute approximate surface area is 166 Å². The van der Waals surface area contributed by atoms with Crippen LogP contribution in [0.3, 0.4) is 0 Å². The van der Waals surface area contributed by atoms with Gasteiger partial charge in [0.2, 0.25) is 0 Å². The number of hydrogen-bond acceptors (Lipinski definition) is 3. The minimum atomic E-state index is -0.0129. The van der Waals surface area contributed by atoms with E-state index in [1.54, 1.807) is 10.9 Å². The highest BCUT2D eigenvalue weighted by Gasteiger charge is 2.28. The molecule has 2 heterocycles. The third kappa shape index (κ3) is 4.31. The maximum atomic E-state index is 12.6. The Hall–Kier alpha value is -2.92. The van der Waals surface area contributed by atoms with Gasteiger partial charge in [-0.1, -0.05) is 30.3 Å². The van der Waals surface area contributed by atoms with E-state index in [2.05, 4.69) is 52.6 Å². The Morgan fingerprint density at radius 1 is 1.14 bits per heavy atom. The van der Waals surface area contributed by atoms with Gasteiger partial charge in [-0.05, 0) is 61.7 Å². The molecule has 144 valence electrons. The van der Waals surface area contributed by atoms with Crippen molar-refractivity contribution in [2.45, 2.75) is 25.9 Å². The zero-order chi connectivity index (χ0) is 19.3. The van der Waals surface area contributed by atoms with Crippen molar-refractivity contribution in [3.05, 3.63) is 84.2 Å². The third-order valence-corrected chi connectivity index (χ3v) is 5.52. The Morgan fingerprint density at radius 3 is 2.64 bits per heavy atom. The van der Waals surface area contributed by atoms with Gasteiger partial charge >= 0.3 is 0 Å². The zero-order valence-corrected chi connectivity index (χ0v) is 16.2. The van der Waals surface area contributed by atoms with Crippen molar-refractivity contribution in [3.8, 4) is 5.69 Å². The van der Waals surface area contributed by atoms with Gasteiger partial charge in [0, 0.05) is 37.1 Å². The van der Waals surface area contributed by atoms with E-state index in [1.807, 2.05) is 36.5 Å². The maximum absolute atomic E-state index is 12.6. The first-order valence-corrected chi connectivity index (χ1v) is 9.86. The van der Waals surface area contributed by atoms with Crippen LogP contribution in [0.2, 0.25) is 0 Å². The first-order valence-electron chi connectivity index (χ1n) is 9.86. The average molecular weight is 374 g/mol. The third-order valence-electron chi connectivity index (χ3n) is 5.52. The quantitative estimate of drug-likeness (QED) is 0.718. The molecule has 0 bridgehead atoms. The summed E-state index contributed by atoms with van der Waals surface area (Å²) in [5.74, 6) is 0.469. The van der Waals surface area contributed by atoms with Gasteiger partial charge in [-0.25, -0.2) is 4.68 Å². The van der Waals surface area contributed by atoms with Crippen LogP contribution in [0.4, 0.5) is 0 Å². The minimum absolute atomic E-state index is 0.0129. The molecular weight excluding hydrogens is 348 g/mol. The second-order valence-electron chi connectivity index (χ2n) is 7.53. The predicted octanol–water partition coefficient (Wildman–Crippen LogP) is 3.51. The number of hydrogen-bond donors (Lipinski definition) is 1. The standard InChI is InChI=1S/C23H26N4O/c1-18(21-12-15-26(17-21)16-19-6-3-2-4-7-19)25-23(28)20-8-10-22(11-9-20)27-14-5-13-24-27/h2-11,13-14,18,21H,12,15-17H2,1H3,(H,25,28). The number of amides is 1. The summed E-state index contributed by atoms with van der Waals surface area (Å²) in [6, 6.07) is 20.2. The molecule has 0 saturated carbocycles. The maximum Gasteiger partial charge on any atom is 0.251 e. The highest BCUT2D eigenvalue weighted by molar-refractivity contribution is 5.94. The number of carbonyl (C=O) groups excluding carboxylic acids is 1. The molecule has 0 radical (unpaired) electrons. The second-order valence-corrected chi connectivity index (χ2v) is 7.53. The van der Waals surface area contributed by atoms with Crippen molar-refractivity contribution in [1.82, 2.24) is 20.0 Å². The summed E-state index contributed by atoms with van der Waals surface area (Å²) in [4.78, 5) is 15.1. The molecule has 1 amide bonds. The highest BCUT2D eigenvalue weighted by atomic mass is 16.1. The Kier molecular flexibility index (Phi) is 5.53. The van der Waals surface area contributed by atoms with Crippen molar-refractivity contribution in [3.63, 3.8) is 0 Å². The lowest BCUT2D eigenvalue weighted by Crippen LogP contribution is -2.39. The Balaban J connectivity index is 1.31. The molecule has 5 nitrogen and oxygen atoms in total. The van der Waals surface area contributed by atoms with Gasteiger partial charge in [-0.2, -0.15) is 5.10 Å². The molecule has 1 aliphatic rings. The van der Waals surface area contributed by atoms with Crippen LogP contribution in [-0.2, 0) is 6.54 Å². The number of aromatic nitrogens is 2. The number of nitrogens with zero attached hydrogens (tertiary/aromatic N) is 3. The van der Waals surface area contributed by atoms with E-state index in [9.17, 15) is 4.79 Å². The summed E-state index contributed by atoms with van der Waals surface area (Å²) in [7, 11) is 0. The SMILES string of the molecule is CC(NC(=O)c1ccc(-n2cccn2)cc1)C1CCN(Cc2ccccc2)C1. The molecule has 0 spiro atoms. The molecule has 4 rings (SSSR count). The van der Waals surface area contributed by atoms with Crippen LogP contribution in [0.15, 0.2) is 73.1 Å². The van der Waals surface area contributed by atoms with Crippen molar-refractivity contribution in [2.75, 3.05) is 13.1 Å². The smallest absolute Gasteiger partial charge is 0.251 e. The van der Waals surface area contributed by atoms with Crippen LogP contribution in [0, 0.1) is 5.92 Å². The van der Waals surface area contributed by atoms with Crippen LogP contribution in [0.1, 0.15) is 29.3 Å². The van der Waals surface area contributed by atoms with E-state index in [0.29, 0.717) is 11.5 Å². The first kappa shape index (κ1) is 18.4. The van der Waals surface area contributed by atoms with Crippen molar-refractivity contribution in [2.24, 2.45) is 5.92 Å². The van der Waals surface area contributed by atoms with Gasteiger partial charge in [0.05, 0.1) is 5.69 Å². The van der Waals surface area contributed by atoms with E-state index in [4.69, 9.17) is 0 Å². The number of rotatable bonds is 6. The first-order chi connectivity index (χ1) is 13.7. The molecule has 1 N–H and O–H groups in total. The highest BCUT2D eigenvalue weighted by Crippen LogP contribution is 2.22. The number of carbonyl (C=O) groups is 1. The molecule has 5 heteroatoms. The van der Waals surface area contributed by atoms with Gasteiger partial charge in [0.1, 0.15) is 0 Å². The molecule has 1 fully saturated rings. The van der Waals surface area contributed by atoms with Gasteiger partial charge in [0.15, 0.2) is 0 Å². The lowest BCUT2D eigenvalue weighted by atomic mass is 10.00. The van der Waals surface area contributed by atoms with Crippen LogP contribution in [-0.4, -0.2) is 39.7 Å². The molecule has 3 aromatic rings. The van der Waals surface area contributed by atoms with Gasteiger partial charge in [-0.15, -0.1) is 0 Å². The minimum Gasteiger partial charge on any atom is -0.349 e. The summed E-state index contributed by atoms with van der Waals surface area (Å²) >= 11 is 0. The molecule has 2 unspecified atom stereocenters. The predicted molar refractivity (Wildman–Crippen MR) is 110 cm³/mol. The lowest BCUT2D eigenvalue weighted by Gasteiger charge is -2.22. The number of benzene rings is 2. The topological polar surface area (TPSA) is 50.2 Å². The fourth-order valence-electron chi connectivity index (χ4n) is 3.85. The fourth-order valence-corrected chi connectivity index (χ4v) is 3.85. The van der Waals surface area contributed by atoms with Gasteiger partial charge < -0.3 is 5.32 Å². The van der Waals surface area contributed by atoms with E-state index < -0.39 is 0 Å². The zero-order valence-electron chi connectivity index (χ0n) is 16.2. The number of nitrogens with one attached hydrogen (secondary N) is 1. The van der Waals surface area contributed by atoms with Crippen molar-refractivity contribution in [1.29, 1.82) is 0 Å². The van der Waals surface area contributed by atoms with E-state index >= 15 is 0 Å². The molecule has 1 saturated heterocycles. The molecule has 1 aromatic heterocycles. The van der Waals surface area contributed by atoms with Gasteiger partial charge in [-0.3, -0.25) is 9.69 Å². The summed E-state index contributed by atoms with van der Waals surface area (Å²) in [6.07, 6.45) is 4.75. The van der Waals surface area contributed by atoms with E-state index in [1.165, 1.54) is 5.56 Å². The molecule has 2 atom stereocenters. The Morgan fingerprint density at radius 2 is 1.93 bits per heavy atom. The van der Waals surface area contributed by atoms with Gasteiger partial charge in [0.25, 0.3) is 5.91 Å². The van der Waals surface area contributed by atoms with E-state index in [0.717, 1.165) is 31.7 Å². The fraction of sp³-hybridized carbons (Fsp3) is 0.304. The monoisotopic (exact) mass is 374 g/mol. The summed E-state index contributed by atoms with van der Waals surface area (Å²) < 4.78 is 1.78. The second kappa shape index (κ2) is 8.40. The largest absolute Gasteiger partial charge is 0.349 e. The molecule has 1 aliphatic heterocycles. The normalized spacial score (nSPS) is 18.1. The van der Waals surface area contributed by atoms with Crippen molar-refractivity contribution < 1.29 is 4.79 Å². The Bertz CT molecular complexity index is 890. The van der Waals surface area contributed by atoms with Crippen LogP contribution in [0.5, 0.6) is 0 Å².